The Kier molecular flexibility index (Phi) is 8.42. The Morgan fingerprint density at radius 1 is 0.276 bits per heavy atom. The van der Waals surface area contributed by atoms with Gasteiger partial charge in [0.25, 0.3) is 0 Å². The highest BCUT2D eigenvalue weighted by molar-refractivity contribution is 7.26. The second-order valence-corrected chi connectivity index (χ2v) is 16.0. The lowest BCUT2D eigenvalue weighted by molar-refractivity contribution is 1.29. The van der Waals surface area contributed by atoms with Crippen molar-refractivity contribution in [3.05, 3.63) is 224 Å². The molecule has 0 fully saturated rings. The minimum Gasteiger partial charge on any atom is -0.310 e. The van der Waals surface area contributed by atoms with Crippen molar-refractivity contribution in [1.82, 2.24) is 0 Å². The summed E-state index contributed by atoms with van der Waals surface area (Å²) in [5.41, 5.74) is 13.1. The number of hydrogen-bond donors (Lipinski definition) is 0. The van der Waals surface area contributed by atoms with Gasteiger partial charge in [0, 0.05) is 37.2 Å². The second kappa shape index (κ2) is 14.4. The summed E-state index contributed by atoms with van der Waals surface area (Å²) in [7, 11) is 0. The van der Waals surface area contributed by atoms with E-state index in [0.29, 0.717) is 0 Å². The maximum atomic E-state index is 2.39. The van der Waals surface area contributed by atoms with Gasteiger partial charge in [-0.25, -0.2) is 0 Å². The van der Waals surface area contributed by atoms with E-state index in [2.05, 4.69) is 229 Å². The number of benzene rings is 10. The second-order valence-electron chi connectivity index (χ2n) is 14.9. The SMILES string of the molecule is c1ccc(-c2ccc(N(c3ccc(-c4ccc5ccc6ccccc6c5c4)cc3)c3ccc4c(c3)sc3cccc(-c5cccc(-c6ccccc6)c5)c34)cc2)cc1. The van der Waals surface area contributed by atoms with E-state index < -0.39 is 0 Å². The summed E-state index contributed by atoms with van der Waals surface area (Å²) >= 11 is 1.87. The Labute approximate surface area is 342 Å². The lowest BCUT2D eigenvalue weighted by Gasteiger charge is -2.26. The van der Waals surface area contributed by atoms with Crippen LogP contribution in [0.5, 0.6) is 0 Å². The fraction of sp³-hybridized carbons (Fsp3) is 0. The molecule has 0 saturated carbocycles. The van der Waals surface area contributed by atoms with Gasteiger partial charge in [0.15, 0.2) is 0 Å². The Hall–Kier alpha value is -7.26. The summed E-state index contributed by atoms with van der Waals surface area (Å²) in [4.78, 5) is 2.39. The van der Waals surface area contributed by atoms with E-state index in [9.17, 15) is 0 Å². The Morgan fingerprint density at radius 3 is 1.53 bits per heavy atom. The molecule has 0 bridgehead atoms. The zero-order valence-electron chi connectivity index (χ0n) is 31.7. The molecule has 11 aromatic rings. The summed E-state index contributed by atoms with van der Waals surface area (Å²) in [5, 5.41) is 7.68. The number of rotatable bonds is 7. The number of anilines is 3. The highest BCUT2D eigenvalue weighted by atomic mass is 32.1. The molecule has 0 amide bonds. The van der Waals surface area contributed by atoms with E-state index in [1.165, 1.54) is 86.2 Å². The average Bonchev–Trinajstić information content (AvgIpc) is 3.68. The van der Waals surface area contributed by atoms with Crippen molar-refractivity contribution in [3.63, 3.8) is 0 Å². The maximum absolute atomic E-state index is 2.39. The van der Waals surface area contributed by atoms with Gasteiger partial charge >= 0.3 is 0 Å². The lowest BCUT2D eigenvalue weighted by atomic mass is 9.96. The molecule has 2 heteroatoms. The molecule has 0 aliphatic rings. The van der Waals surface area contributed by atoms with E-state index in [1.807, 2.05) is 11.3 Å². The minimum absolute atomic E-state index is 1.11. The molecule has 10 aromatic carbocycles. The van der Waals surface area contributed by atoms with Crippen LogP contribution in [-0.4, -0.2) is 0 Å². The topological polar surface area (TPSA) is 3.24 Å². The van der Waals surface area contributed by atoms with Gasteiger partial charge in [0.2, 0.25) is 0 Å². The summed E-state index contributed by atoms with van der Waals surface area (Å²) in [5.74, 6) is 0. The molecular formula is C56H37NS. The predicted octanol–water partition coefficient (Wildman–Crippen LogP) is 16.5. The molecule has 1 heterocycles. The van der Waals surface area contributed by atoms with Crippen LogP contribution in [0, 0.1) is 0 Å². The van der Waals surface area contributed by atoms with E-state index in [4.69, 9.17) is 0 Å². The molecule has 0 aliphatic heterocycles. The number of fused-ring (bicyclic) bond motifs is 6. The zero-order chi connectivity index (χ0) is 38.4. The number of hydrogen-bond acceptors (Lipinski definition) is 2. The Bertz CT molecular complexity index is 3250. The third-order valence-electron chi connectivity index (χ3n) is 11.5. The maximum Gasteiger partial charge on any atom is 0.0476 e. The molecule has 0 radical (unpaired) electrons. The van der Waals surface area contributed by atoms with Gasteiger partial charge in [0.05, 0.1) is 0 Å². The predicted molar refractivity (Wildman–Crippen MR) is 251 cm³/mol. The standard InChI is InChI=1S/C56H37NS/c1-3-11-38(12-4-1)40-25-29-47(30-26-40)57(48-31-27-41(28-32-48)45-24-23-43-22-21-42-15-7-8-18-50(42)53(43)36-45)49-33-34-52-55(37-49)58-54-20-10-19-51(56(52)54)46-17-9-16-44(35-46)39-13-5-2-6-14-39/h1-37H. The fourth-order valence-corrected chi connectivity index (χ4v) is 9.72. The molecule has 11 rings (SSSR count). The van der Waals surface area contributed by atoms with Gasteiger partial charge in [-0.3, -0.25) is 0 Å². The minimum atomic E-state index is 1.11. The third-order valence-corrected chi connectivity index (χ3v) is 12.6. The first-order chi connectivity index (χ1) is 28.7. The summed E-state index contributed by atoms with van der Waals surface area (Å²) in [6.45, 7) is 0. The van der Waals surface area contributed by atoms with Crippen molar-refractivity contribution in [2.45, 2.75) is 0 Å². The van der Waals surface area contributed by atoms with Crippen LogP contribution >= 0.6 is 11.3 Å². The highest BCUT2D eigenvalue weighted by Gasteiger charge is 2.17. The van der Waals surface area contributed by atoms with Gasteiger partial charge in [-0.1, -0.05) is 170 Å². The molecule has 272 valence electrons. The molecule has 0 saturated heterocycles. The summed E-state index contributed by atoms with van der Waals surface area (Å²) in [6.07, 6.45) is 0. The first kappa shape index (κ1) is 34.0. The van der Waals surface area contributed by atoms with E-state index >= 15 is 0 Å². The molecular weight excluding hydrogens is 719 g/mol. The molecule has 0 N–H and O–H groups in total. The molecule has 0 spiro atoms. The Morgan fingerprint density at radius 2 is 0.793 bits per heavy atom. The van der Waals surface area contributed by atoms with Crippen molar-refractivity contribution in [2.75, 3.05) is 4.90 Å². The van der Waals surface area contributed by atoms with Gasteiger partial charge in [-0.2, -0.15) is 0 Å². The molecule has 58 heavy (non-hydrogen) atoms. The van der Waals surface area contributed by atoms with Crippen molar-refractivity contribution in [2.24, 2.45) is 0 Å². The first-order valence-electron chi connectivity index (χ1n) is 19.8. The smallest absolute Gasteiger partial charge is 0.0476 e. The third kappa shape index (κ3) is 6.12. The zero-order valence-corrected chi connectivity index (χ0v) is 32.5. The van der Waals surface area contributed by atoms with Crippen LogP contribution in [0.4, 0.5) is 17.1 Å². The monoisotopic (exact) mass is 755 g/mol. The summed E-state index contributed by atoms with van der Waals surface area (Å²) in [6, 6.07) is 81.9. The molecule has 0 unspecified atom stereocenters. The number of nitrogens with zero attached hydrogens (tertiary/aromatic N) is 1. The largest absolute Gasteiger partial charge is 0.310 e. The van der Waals surface area contributed by atoms with Crippen LogP contribution in [-0.2, 0) is 0 Å². The van der Waals surface area contributed by atoms with Crippen molar-refractivity contribution in [1.29, 1.82) is 0 Å². The quantitative estimate of drug-likeness (QED) is 0.146. The van der Waals surface area contributed by atoms with Crippen LogP contribution in [0.25, 0.3) is 86.2 Å². The van der Waals surface area contributed by atoms with Crippen molar-refractivity contribution in [3.8, 4) is 44.5 Å². The van der Waals surface area contributed by atoms with E-state index in [0.717, 1.165) is 17.1 Å². The van der Waals surface area contributed by atoms with Crippen LogP contribution in [0.3, 0.4) is 0 Å². The van der Waals surface area contributed by atoms with Crippen molar-refractivity contribution >= 4 is 70.1 Å². The number of thiophene rings is 1. The van der Waals surface area contributed by atoms with E-state index in [-0.39, 0.29) is 0 Å². The molecule has 0 aliphatic carbocycles. The summed E-state index contributed by atoms with van der Waals surface area (Å²) < 4.78 is 2.56. The lowest BCUT2D eigenvalue weighted by Crippen LogP contribution is -2.09. The van der Waals surface area contributed by atoms with Crippen LogP contribution < -0.4 is 4.90 Å². The van der Waals surface area contributed by atoms with Crippen LogP contribution in [0.2, 0.25) is 0 Å². The van der Waals surface area contributed by atoms with Crippen molar-refractivity contribution < 1.29 is 0 Å². The van der Waals surface area contributed by atoms with Crippen LogP contribution in [0.1, 0.15) is 0 Å². The van der Waals surface area contributed by atoms with Gasteiger partial charge in [0.1, 0.15) is 0 Å². The fourth-order valence-electron chi connectivity index (χ4n) is 8.56. The first-order valence-corrected chi connectivity index (χ1v) is 20.6. The highest BCUT2D eigenvalue weighted by Crippen LogP contribution is 2.44. The Balaban J connectivity index is 1.01. The molecule has 1 nitrogen and oxygen atoms in total. The van der Waals surface area contributed by atoms with Gasteiger partial charge < -0.3 is 4.90 Å². The van der Waals surface area contributed by atoms with Gasteiger partial charge in [-0.15, -0.1) is 11.3 Å². The van der Waals surface area contributed by atoms with Gasteiger partial charge in [-0.05, 0) is 121 Å². The molecule has 1 aromatic heterocycles. The van der Waals surface area contributed by atoms with Crippen LogP contribution in [0.15, 0.2) is 224 Å². The molecule has 0 atom stereocenters. The van der Waals surface area contributed by atoms with E-state index in [1.54, 1.807) is 0 Å². The average molecular weight is 756 g/mol. The normalized spacial score (nSPS) is 11.4.